The zero-order chi connectivity index (χ0) is 19.4. The van der Waals surface area contributed by atoms with Crippen LogP contribution in [0.4, 0.5) is 19.0 Å². The van der Waals surface area contributed by atoms with Crippen LogP contribution >= 0.6 is 23.2 Å². The molecule has 2 N–H and O–H groups in total. The highest BCUT2D eigenvalue weighted by molar-refractivity contribution is 6.33. The second kappa shape index (κ2) is 8.01. The quantitative estimate of drug-likeness (QED) is 0.606. The number of alkyl halides is 3. The molecule has 11 heteroatoms. The van der Waals surface area contributed by atoms with Crippen molar-refractivity contribution in [2.45, 2.75) is 19.3 Å². The Balaban J connectivity index is 1.56. The summed E-state index contributed by atoms with van der Waals surface area (Å²) in [5.41, 5.74) is -0.919. The van der Waals surface area contributed by atoms with Gasteiger partial charge in [0.15, 0.2) is 11.6 Å². The van der Waals surface area contributed by atoms with Crippen LogP contribution in [-0.4, -0.2) is 20.2 Å². The van der Waals surface area contributed by atoms with Crippen molar-refractivity contribution in [1.82, 2.24) is 20.2 Å². The number of halogens is 5. The molecule has 0 radical (unpaired) electrons. The summed E-state index contributed by atoms with van der Waals surface area (Å²) in [7, 11) is 0. The number of hydrogen-bond donors (Lipinski definition) is 2. The average Bonchev–Trinajstić information content (AvgIpc) is 3.07. The van der Waals surface area contributed by atoms with E-state index in [9.17, 15) is 13.2 Å². The maximum absolute atomic E-state index is 12.6. The molecule has 0 saturated heterocycles. The first-order valence-corrected chi connectivity index (χ1v) is 8.32. The van der Waals surface area contributed by atoms with Gasteiger partial charge in [-0.2, -0.15) is 18.3 Å². The van der Waals surface area contributed by atoms with E-state index in [2.05, 4.69) is 25.5 Å². The van der Waals surface area contributed by atoms with Gasteiger partial charge in [0.05, 0.1) is 17.1 Å². The minimum absolute atomic E-state index is 0.105. The maximum Gasteiger partial charge on any atom is 0.417 e. The van der Waals surface area contributed by atoms with Crippen LogP contribution in [0.5, 0.6) is 5.75 Å². The number of ether oxygens (including phenoxy) is 1. The predicted octanol–water partition coefficient (Wildman–Crippen LogP) is 4.72. The van der Waals surface area contributed by atoms with Crippen molar-refractivity contribution in [2.75, 3.05) is 5.32 Å². The maximum atomic E-state index is 12.6. The third-order valence-corrected chi connectivity index (χ3v) is 3.89. The van der Waals surface area contributed by atoms with Crippen LogP contribution in [0.1, 0.15) is 17.2 Å². The molecule has 0 aliphatic carbocycles. The van der Waals surface area contributed by atoms with Gasteiger partial charge in [0.25, 0.3) is 0 Å². The zero-order valence-electron chi connectivity index (χ0n) is 13.5. The lowest BCUT2D eigenvalue weighted by Crippen LogP contribution is -2.08. The van der Waals surface area contributed by atoms with E-state index in [0.717, 1.165) is 6.07 Å². The molecule has 0 atom stereocenters. The third kappa shape index (κ3) is 5.24. The summed E-state index contributed by atoms with van der Waals surface area (Å²) >= 11 is 11.6. The van der Waals surface area contributed by atoms with E-state index in [1.165, 1.54) is 0 Å². The fraction of sp³-hybridized carbons (Fsp3) is 0.188. The highest BCUT2D eigenvalue weighted by Gasteiger charge is 2.31. The Morgan fingerprint density at radius 3 is 2.56 bits per heavy atom. The minimum Gasteiger partial charge on any atom is -0.486 e. The molecule has 1 aromatic carbocycles. The number of aromatic nitrogens is 4. The van der Waals surface area contributed by atoms with E-state index in [0.29, 0.717) is 28.6 Å². The number of anilines is 1. The normalized spacial score (nSPS) is 11.4. The number of hydrogen-bond acceptors (Lipinski definition) is 5. The summed E-state index contributed by atoms with van der Waals surface area (Å²) in [6, 6.07) is 7.65. The Hall–Kier alpha value is -2.52. The SMILES string of the molecule is FC(F)(F)c1cnc(NCc2n[nH]c(COc3ccc(Cl)cc3)n2)c(Cl)c1. The molecule has 27 heavy (non-hydrogen) atoms. The monoisotopic (exact) mass is 417 g/mol. The van der Waals surface area contributed by atoms with Gasteiger partial charge >= 0.3 is 6.18 Å². The molecule has 0 amide bonds. The largest absolute Gasteiger partial charge is 0.486 e. The van der Waals surface area contributed by atoms with Gasteiger partial charge < -0.3 is 10.1 Å². The molecule has 2 heterocycles. The van der Waals surface area contributed by atoms with Gasteiger partial charge in [0.1, 0.15) is 18.2 Å². The lowest BCUT2D eigenvalue weighted by Gasteiger charge is -2.09. The summed E-state index contributed by atoms with van der Waals surface area (Å²) in [6.45, 7) is 0.281. The standard InChI is InChI=1S/C16H12Cl2F3N5O/c17-10-1-3-11(4-2-10)27-8-14-24-13(25-26-14)7-23-15-12(18)5-9(6-22-15)16(19,20)21/h1-6H,7-8H2,(H,22,23)(H,24,25,26). The van der Waals surface area contributed by atoms with Crippen LogP contribution in [0.15, 0.2) is 36.5 Å². The molecular formula is C16H12Cl2F3N5O. The molecule has 0 aliphatic rings. The smallest absolute Gasteiger partial charge is 0.417 e. The first-order chi connectivity index (χ1) is 12.8. The Kier molecular flexibility index (Phi) is 5.71. The van der Waals surface area contributed by atoms with Gasteiger partial charge in [-0.15, -0.1) is 0 Å². The Bertz CT molecular complexity index is 915. The van der Waals surface area contributed by atoms with E-state index >= 15 is 0 Å². The molecule has 0 fully saturated rings. The lowest BCUT2D eigenvalue weighted by molar-refractivity contribution is -0.137. The van der Waals surface area contributed by atoms with Gasteiger partial charge in [-0.25, -0.2) is 9.97 Å². The van der Waals surface area contributed by atoms with Gasteiger partial charge in [-0.3, -0.25) is 5.10 Å². The Labute approximate surface area is 161 Å². The first-order valence-electron chi connectivity index (χ1n) is 7.56. The third-order valence-electron chi connectivity index (χ3n) is 3.35. The molecule has 0 aliphatic heterocycles. The number of rotatable bonds is 6. The summed E-state index contributed by atoms with van der Waals surface area (Å²) in [4.78, 5) is 7.90. The number of nitrogens with one attached hydrogen (secondary N) is 2. The fourth-order valence-corrected chi connectivity index (χ4v) is 2.41. The van der Waals surface area contributed by atoms with E-state index < -0.39 is 11.7 Å². The molecule has 6 nitrogen and oxygen atoms in total. The van der Waals surface area contributed by atoms with Crippen molar-refractivity contribution < 1.29 is 17.9 Å². The van der Waals surface area contributed by atoms with Crippen LogP contribution < -0.4 is 10.1 Å². The molecule has 2 aromatic heterocycles. The molecule has 0 spiro atoms. The number of H-pyrrole nitrogens is 1. The number of benzene rings is 1. The van der Waals surface area contributed by atoms with Gasteiger partial charge in [-0.05, 0) is 30.3 Å². The summed E-state index contributed by atoms with van der Waals surface area (Å²) < 4.78 is 43.4. The zero-order valence-corrected chi connectivity index (χ0v) is 15.0. The van der Waals surface area contributed by atoms with Crippen LogP contribution in [0.25, 0.3) is 0 Å². The number of pyridine rings is 1. The van der Waals surface area contributed by atoms with Crippen molar-refractivity contribution >= 4 is 29.0 Å². The van der Waals surface area contributed by atoms with E-state index in [1.807, 2.05) is 0 Å². The van der Waals surface area contributed by atoms with Crippen molar-refractivity contribution in [3.63, 3.8) is 0 Å². The highest BCUT2D eigenvalue weighted by Crippen LogP contribution is 2.32. The van der Waals surface area contributed by atoms with E-state index in [4.69, 9.17) is 27.9 Å². The summed E-state index contributed by atoms with van der Waals surface area (Å²) in [5.74, 6) is 1.58. The van der Waals surface area contributed by atoms with Crippen LogP contribution in [-0.2, 0) is 19.3 Å². The molecule has 0 saturated carbocycles. The molecular weight excluding hydrogens is 406 g/mol. The molecule has 0 unspecified atom stereocenters. The lowest BCUT2D eigenvalue weighted by atomic mass is 10.3. The Morgan fingerprint density at radius 2 is 1.89 bits per heavy atom. The molecule has 142 valence electrons. The van der Waals surface area contributed by atoms with Crippen molar-refractivity contribution in [2.24, 2.45) is 0 Å². The van der Waals surface area contributed by atoms with E-state index in [-0.39, 0.29) is 24.0 Å². The second-order valence-electron chi connectivity index (χ2n) is 5.35. The van der Waals surface area contributed by atoms with Crippen LogP contribution in [0.2, 0.25) is 10.0 Å². The second-order valence-corrected chi connectivity index (χ2v) is 6.19. The van der Waals surface area contributed by atoms with Crippen molar-refractivity contribution in [3.8, 4) is 5.75 Å². The number of nitrogens with zero attached hydrogens (tertiary/aromatic N) is 3. The van der Waals surface area contributed by atoms with E-state index in [1.54, 1.807) is 24.3 Å². The van der Waals surface area contributed by atoms with Crippen molar-refractivity contribution in [1.29, 1.82) is 0 Å². The molecule has 3 rings (SSSR count). The minimum atomic E-state index is -4.50. The predicted molar refractivity (Wildman–Crippen MR) is 93.7 cm³/mol. The van der Waals surface area contributed by atoms with Gasteiger partial charge in [0, 0.05) is 11.2 Å². The van der Waals surface area contributed by atoms with Gasteiger partial charge in [-0.1, -0.05) is 23.2 Å². The summed E-state index contributed by atoms with van der Waals surface area (Å²) in [5, 5.41) is 9.95. The van der Waals surface area contributed by atoms with Crippen LogP contribution in [0, 0.1) is 0 Å². The first kappa shape index (κ1) is 19.2. The number of aromatic amines is 1. The molecule has 3 aromatic rings. The van der Waals surface area contributed by atoms with Crippen molar-refractivity contribution in [3.05, 3.63) is 63.8 Å². The average molecular weight is 418 g/mol. The van der Waals surface area contributed by atoms with Crippen LogP contribution in [0.3, 0.4) is 0 Å². The summed E-state index contributed by atoms with van der Waals surface area (Å²) in [6.07, 6.45) is -3.80. The molecule has 0 bridgehead atoms. The highest BCUT2D eigenvalue weighted by atomic mass is 35.5. The van der Waals surface area contributed by atoms with Gasteiger partial charge in [0.2, 0.25) is 0 Å². The topological polar surface area (TPSA) is 75.7 Å². The Morgan fingerprint density at radius 1 is 1.15 bits per heavy atom. The fourth-order valence-electron chi connectivity index (χ4n) is 2.05.